The number of nitrogens with one attached hydrogen (secondary N) is 1. The highest BCUT2D eigenvalue weighted by Crippen LogP contribution is 2.27. The van der Waals surface area contributed by atoms with Crippen molar-refractivity contribution in [1.82, 2.24) is 4.98 Å². The number of benzene rings is 1. The Morgan fingerprint density at radius 2 is 1.94 bits per heavy atom. The summed E-state index contributed by atoms with van der Waals surface area (Å²) >= 11 is 0. The van der Waals surface area contributed by atoms with E-state index in [1.54, 1.807) is 0 Å². The maximum Gasteiger partial charge on any atom is 0.0757 e. The summed E-state index contributed by atoms with van der Waals surface area (Å²) in [5.74, 6) is 0.629. The maximum absolute atomic E-state index is 4.84. The standard InChI is InChI=1S/C16H22N2/c1-10(2)8-13-9-15(17-5)14-7-6-11(3)12(4)16(14)18-13/h6-7,9-10H,8H2,1-5H3,(H,17,18). The highest BCUT2D eigenvalue weighted by atomic mass is 14.8. The van der Waals surface area contributed by atoms with Gasteiger partial charge in [0.15, 0.2) is 0 Å². The number of aromatic nitrogens is 1. The van der Waals surface area contributed by atoms with Crippen LogP contribution in [0.1, 0.15) is 30.7 Å². The molecule has 1 aromatic carbocycles. The minimum absolute atomic E-state index is 0.629. The quantitative estimate of drug-likeness (QED) is 0.876. The van der Waals surface area contributed by atoms with E-state index in [1.165, 1.54) is 27.9 Å². The average molecular weight is 242 g/mol. The van der Waals surface area contributed by atoms with Gasteiger partial charge in [-0.15, -0.1) is 0 Å². The van der Waals surface area contributed by atoms with Crippen molar-refractivity contribution in [2.75, 3.05) is 12.4 Å². The molecule has 0 aliphatic heterocycles. The van der Waals surface area contributed by atoms with Crippen LogP contribution in [0.3, 0.4) is 0 Å². The molecular formula is C16H22N2. The van der Waals surface area contributed by atoms with E-state index in [4.69, 9.17) is 4.98 Å². The predicted molar refractivity (Wildman–Crippen MR) is 79.3 cm³/mol. The Bertz CT molecular complexity index is 571. The van der Waals surface area contributed by atoms with E-state index in [1.807, 2.05) is 7.05 Å². The van der Waals surface area contributed by atoms with Crippen LogP contribution in [0.4, 0.5) is 5.69 Å². The molecule has 2 rings (SSSR count). The minimum Gasteiger partial charge on any atom is -0.388 e. The maximum atomic E-state index is 4.84. The number of anilines is 1. The summed E-state index contributed by atoms with van der Waals surface area (Å²) in [7, 11) is 1.98. The van der Waals surface area contributed by atoms with Gasteiger partial charge in [-0.05, 0) is 43.4 Å². The molecule has 0 fully saturated rings. The van der Waals surface area contributed by atoms with Crippen molar-refractivity contribution in [3.8, 4) is 0 Å². The van der Waals surface area contributed by atoms with E-state index < -0.39 is 0 Å². The average Bonchev–Trinajstić information content (AvgIpc) is 2.32. The lowest BCUT2D eigenvalue weighted by molar-refractivity contribution is 0.637. The normalized spacial score (nSPS) is 11.2. The number of rotatable bonds is 3. The lowest BCUT2D eigenvalue weighted by atomic mass is 10.0. The Hall–Kier alpha value is -1.57. The van der Waals surface area contributed by atoms with Crippen LogP contribution in [0.25, 0.3) is 10.9 Å². The zero-order valence-corrected chi connectivity index (χ0v) is 12.0. The number of hydrogen-bond acceptors (Lipinski definition) is 2. The second kappa shape index (κ2) is 4.97. The van der Waals surface area contributed by atoms with Gasteiger partial charge >= 0.3 is 0 Å². The second-order valence-corrected chi connectivity index (χ2v) is 5.41. The molecule has 2 aromatic rings. The molecule has 1 N–H and O–H groups in total. The van der Waals surface area contributed by atoms with E-state index >= 15 is 0 Å². The van der Waals surface area contributed by atoms with Crippen molar-refractivity contribution >= 4 is 16.6 Å². The first-order valence-corrected chi connectivity index (χ1v) is 6.60. The summed E-state index contributed by atoms with van der Waals surface area (Å²) in [4.78, 5) is 4.84. The topological polar surface area (TPSA) is 24.9 Å². The van der Waals surface area contributed by atoms with Crippen LogP contribution in [0.2, 0.25) is 0 Å². The summed E-state index contributed by atoms with van der Waals surface area (Å²) in [6.45, 7) is 8.76. The molecule has 1 aromatic heterocycles. The Labute approximate surface area is 109 Å². The Kier molecular flexibility index (Phi) is 3.55. The SMILES string of the molecule is CNc1cc(CC(C)C)nc2c(C)c(C)ccc12. The van der Waals surface area contributed by atoms with Crippen LogP contribution in [-0.2, 0) is 6.42 Å². The van der Waals surface area contributed by atoms with Crippen molar-refractivity contribution in [2.45, 2.75) is 34.1 Å². The molecule has 0 aliphatic rings. The molecule has 0 unspecified atom stereocenters. The second-order valence-electron chi connectivity index (χ2n) is 5.41. The molecule has 2 nitrogen and oxygen atoms in total. The number of pyridine rings is 1. The number of hydrogen-bond donors (Lipinski definition) is 1. The van der Waals surface area contributed by atoms with Gasteiger partial charge in [0.1, 0.15) is 0 Å². The Balaban J connectivity index is 2.68. The van der Waals surface area contributed by atoms with Gasteiger partial charge in [0.05, 0.1) is 5.52 Å². The van der Waals surface area contributed by atoms with Gasteiger partial charge in [-0.1, -0.05) is 26.0 Å². The fraction of sp³-hybridized carbons (Fsp3) is 0.438. The molecule has 0 atom stereocenters. The highest BCUT2D eigenvalue weighted by molar-refractivity contribution is 5.93. The van der Waals surface area contributed by atoms with E-state index in [0.29, 0.717) is 5.92 Å². The third-order valence-corrected chi connectivity index (χ3v) is 3.45. The molecule has 0 bridgehead atoms. The van der Waals surface area contributed by atoms with Gasteiger partial charge in [0.25, 0.3) is 0 Å². The lowest BCUT2D eigenvalue weighted by Gasteiger charge is -2.13. The van der Waals surface area contributed by atoms with E-state index in [2.05, 4.69) is 51.2 Å². The zero-order chi connectivity index (χ0) is 13.3. The van der Waals surface area contributed by atoms with Crippen LogP contribution >= 0.6 is 0 Å². The number of fused-ring (bicyclic) bond motifs is 1. The highest BCUT2D eigenvalue weighted by Gasteiger charge is 2.09. The summed E-state index contributed by atoms with van der Waals surface area (Å²) in [5.41, 5.74) is 6.08. The molecule has 2 heteroatoms. The molecule has 0 aliphatic carbocycles. The van der Waals surface area contributed by atoms with E-state index in [-0.39, 0.29) is 0 Å². The van der Waals surface area contributed by atoms with Crippen molar-refractivity contribution in [3.63, 3.8) is 0 Å². The van der Waals surface area contributed by atoms with Gasteiger partial charge in [0, 0.05) is 23.8 Å². The smallest absolute Gasteiger partial charge is 0.0757 e. The van der Waals surface area contributed by atoms with Gasteiger partial charge in [-0.2, -0.15) is 0 Å². The van der Waals surface area contributed by atoms with Crippen LogP contribution in [0.5, 0.6) is 0 Å². The number of nitrogens with zero attached hydrogens (tertiary/aromatic N) is 1. The van der Waals surface area contributed by atoms with Crippen molar-refractivity contribution < 1.29 is 0 Å². The molecule has 18 heavy (non-hydrogen) atoms. The van der Waals surface area contributed by atoms with Gasteiger partial charge in [0.2, 0.25) is 0 Å². The molecular weight excluding hydrogens is 220 g/mol. The lowest BCUT2D eigenvalue weighted by Crippen LogP contribution is -2.02. The summed E-state index contributed by atoms with van der Waals surface area (Å²) in [6, 6.07) is 6.51. The van der Waals surface area contributed by atoms with Crippen LogP contribution in [0.15, 0.2) is 18.2 Å². The first-order valence-electron chi connectivity index (χ1n) is 6.60. The first kappa shape index (κ1) is 12.9. The fourth-order valence-corrected chi connectivity index (χ4v) is 2.31. The largest absolute Gasteiger partial charge is 0.388 e. The summed E-state index contributed by atoms with van der Waals surface area (Å²) in [6.07, 6.45) is 1.03. The fourth-order valence-electron chi connectivity index (χ4n) is 2.31. The van der Waals surface area contributed by atoms with E-state index in [0.717, 1.165) is 11.9 Å². The molecule has 96 valence electrons. The predicted octanol–water partition coefficient (Wildman–Crippen LogP) is 4.09. The van der Waals surface area contributed by atoms with Crippen LogP contribution in [-0.4, -0.2) is 12.0 Å². The van der Waals surface area contributed by atoms with E-state index in [9.17, 15) is 0 Å². The molecule has 0 saturated heterocycles. The zero-order valence-electron chi connectivity index (χ0n) is 12.0. The van der Waals surface area contributed by atoms with Crippen molar-refractivity contribution in [2.24, 2.45) is 5.92 Å². The molecule has 1 heterocycles. The molecule has 0 spiro atoms. The van der Waals surface area contributed by atoms with Crippen molar-refractivity contribution in [1.29, 1.82) is 0 Å². The first-order chi connectivity index (χ1) is 8.52. The van der Waals surface area contributed by atoms with Gasteiger partial charge in [-0.3, -0.25) is 4.98 Å². The Morgan fingerprint density at radius 3 is 2.56 bits per heavy atom. The summed E-state index contributed by atoms with van der Waals surface area (Å²) in [5, 5.41) is 4.51. The minimum atomic E-state index is 0.629. The number of aryl methyl sites for hydroxylation is 2. The molecule has 0 saturated carbocycles. The van der Waals surface area contributed by atoms with Crippen molar-refractivity contribution in [3.05, 3.63) is 35.0 Å². The van der Waals surface area contributed by atoms with Gasteiger partial charge < -0.3 is 5.32 Å². The van der Waals surface area contributed by atoms with Crippen LogP contribution < -0.4 is 5.32 Å². The third-order valence-electron chi connectivity index (χ3n) is 3.45. The van der Waals surface area contributed by atoms with Gasteiger partial charge in [-0.25, -0.2) is 0 Å². The summed E-state index contributed by atoms with van der Waals surface area (Å²) < 4.78 is 0. The van der Waals surface area contributed by atoms with Crippen LogP contribution in [0, 0.1) is 19.8 Å². The third kappa shape index (κ3) is 2.33. The monoisotopic (exact) mass is 242 g/mol. The molecule has 0 amide bonds. The molecule has 0 radical (unpaired) electrons. The Morgan fingerprint density at radius 1 is 1.22 bits per heavy atom.